The van der Waals surface area contributed by atoms with Gasteiger partial charge in [0.15, 0.2) is 0 Å². The van der Waals surface area contributed by atoms with E-state index in [1.54, 1.807) is 20.3 Å². The summed E-state index contributed by atoms with van der Waals surface area (Å²) in [6.45, 7) is 1.89. The summed E-state index contributed by atoms with van der Waals surface area (Å²) in [7, 11) is 5.20. The molecule has 1 aliphatic heterocycles. The van der Waals surface area contributed by atoms with Crippen molar-refractivity contribution in [3.05, 3.63) is 6.07 Å². The second-order valence-corrected chi connectivity index (χ2v) is 4.30. The number of piperidine rings is 1. The molecule has 0 bridgehead atoms. The van der Waals surface area contributed by atoms with Gasteiger partial charge in [0.2, 0.25) is 17.7 Å². The van der Waals surface area contributed by atoms with Crippen LogP contribution in [0.1, 0.15) is 12.8 Å². The largest absolute Gasteiger partial charge is 0.481 e. The van der Waals surface area contributed by atoms with E-state index in [1.807, 2.05) is 7.05 Å². The van der Waals surface area contributed by atoms with Gasteiger partial charge in [0.25, 0.3) is 0 Å². The molecule has 1 fully saturated rings. The maximum Gasteiger partial charge on any atom is 0.231 e. The molecular weight excluding hydrogens is 232 g/mol. The van der Waals surface area contributed by atoms with Gasteiger partial charge in [0.1, 0.15) is 0 Å². The summed E-state index contributed by atoms with van der Waals surface area (Å²) in [5.41, 5.74) is 0. The number of ether oxygens (including phenoxy) is 2. The number of methoxy groups -OCH3 is 2. The predicted molar refractivity (Wildman–Crippen MR) is 69.4 cm³/mol. The highest BCUT2D eigenvalue weighted by Gasteiger charge is 2.20. The highest BCUT2D eigenvalue weighted by Crippen LogP contribution is 2.22. The average Bonchev–Trinajstić information content (AvgIpc) is 2.46. The quantitative estimate of drug-likeness (QED) is 0.850. The summed E-state index contributed by atoms with van der Waals surface area (Å²) < 4.78 is 10.3. The molecule has 1 N–H and O–H groups in total. The summed E-state index contributed by atoms with van der Waals surface area (Å²) in [5.74, 6) is 1.75. The molecule has 1 saturated heterocycles. The zero-order valence-corrected chi connectivity index (χ0v) is 11.1. The molecule has 2 heterocycles. The van der Waals surface area contributed by atoms with E-state index in [9.17, 15) is 0 Å². The first kappa shape index (κ1) is 12.9. The van der Waals surface area contributed by atoms with Crippen molar-refractivity contribution in [1.29, 1.82) is 0 Å². The van der Waals surface area contributed by atoms with Crippen molar-refractivity contribution in [2.45, 2.75) is 18.9 Å². The highest BCUT2D eigenvalue weighted by molar-refractivity contribution is 5.37. The fourth-order valence-corrected chi connectivity index (χ4v) is 2.11. The second kappa shape index (κ2) is 5.86. The fraction of sp³-hybridized carbons (Fsp3) is 0.667. The number of aromatic nitrogens is 2. The highest BCUT2D eigenvalue weighted by atomic mass is 16.5. The van der Waals surface area contributed by atoms with Crippen LogP contribution in [0.3, 0.4) is 0 Å². The lowest BCUT2D eigenvalue weighted by Crippen LogP contribution is -2.41. The van der Waals surface area contributed by atoms with Crippen molar-refractivity contribution in [2.75, 3.05) is 39.3 Å². The van der Waals surface area contributed by atoms with Crippen molar-refractivity contribution >= 4 is 5.95 Å². The molecule has 6 heteroatoms. The standard InChI is InChI=1S/C12H20N4O2/c1-13-9-4-6-16(7-5-9)12-14-10(17-2)8-11(15-12)18-3/h8-9,13H,4-7H2,1-3H3. The molecule has 0 aliphatic carbocycles. The summed E-state index contributed by atoms with van der Waals surface area (Å²) in [6, 6.07) is 2.28. The summed E-state index contributed by atoms with van der Waals surface area (Å²) in [5, 5.41) is 3.30. The monoisotopic (exact) mass is 252 g/mol. The van der Waals surface area contributed by atoms with Gasteiger partial charge in [-0.15, -0.1) is 0 Å². The number of nitrogens with zero attached hydrogens (tertiary/aromatic N) is 3. The molecular formula is C12H20N4O2. The molecule has 1 aliphatic rings. The summed E-state index contributed by atoms with van der Waals surface area (Å²) in [4.78, 5) is 10.9. The lowest BCUT2D eigenvalue weighted by molar-refractivity contribution is 0.369. The van der Waals surface area contributed by atoms with Crippen LogP contribution in [-0.2, 0) is 0 Å². The maximum atomic E-state index is 5.16. The van der Waals surface area contributed by atoms with Crippen LogP contribution in [0.4, 0.5) is 5.95 Å². The molecule has 0 unspecified atom stereocenters. The molecule has 0 atom stereocenters. The molecule has 0 saturated carbocycles. The van der Waals surface area contributed by atoms with Crippen LogP contribution in [-0.4, -0.2) is 50.4 Å². The molecule has 1 aromatic heterocycles. The number of hydrogen-bond donors (Lipinski definition) is 1. The Balaban J connectivity index is 2.13. The van der Waals surface area contributed by atoms with Gasteiger partial charge in [-0.05, 0) is 19.9 Å². The van der Waals surface area contributed by atoms with Crippen molar-refractivity contribution in [1.82, 2.24) is 15.3 Å². The van der Waals surface area contributed by atoms with Gasteiger partial charge in [-0.1, -0.05) is 0 Å². The molecule has 0 amide bonds. The Morgan fingerprint density at radius 2 is 1.72 bits per heavy atom. The lowest BCUT2D eigenvalue weighted by Gasteiger charge is -2.31. The second-order valence-electron chi connectivity index (χ2n) is 4.30. The third kappa shape index (κ3) is 2.81. The molecule has 1 aromatic rings. The Hall–Kier alpha value is -1.56. The van der Waals surface area contributed by atoms with E-state index >= 15 is 0 Å². The Morgan fingerprint density at radius 1 is 1.17 bits per heavy atom. The summed E-state index contributed by atoms with van der Waals surface area (Å²) >= 11 is 0. The van der Waals surface area contributed by atoms with Gasteiger partial charge in [-0.3, -0.25) is 0 Å². The normalized spacial score (nSPS) is 16.7. The number of hydrogen-bond acceptors (Lipinski definition) is 6. The molecule has 0 radical (unpaired) electrons. The van der Waals surface area contributed by atoms with E-state index in [-0.39, 0.29) is 0 Å². The first-order valence-electron chi connectivity index (χ1n) is 6.16. The van der Waals surface area contributed by atoms with Crippen LogP contribution in [0.25, 0.3) is 0 Å². The van der Waals surface area contributed by atoms with E-state index in [4.69, 9.17) is 9.47 Å². The Kier molecular flexibility index (Phi) is 4.19. The Labute approximate surface area is 107 Å². The first-order chi connectivity index (χ1) is 8.76. The Morgan fingerprint density at radius 3 is 2.17 bits per heavy atom. The average molecular weight is 252 g/mol. The molecule has 2 rings (SSSR count). The predicted octanol–water partition coefficient (Wildman–Crippen LogP) is 0.682. The van der Waals surface area contributed by atoms with Crippen molar-refractivity contribution in [3.63, 3.8) is 0 Å². The van der Waals surface area contributed by atoms with E-state index < -0.39 is 0 Å². The van der Waals surface area contributed by atoms with Crippen LogP contribution in [0.5, 0.6) is 11.8 Å². The van der Waals surface area contributed by atoms with E-state index in [0.717, 1.165) is 25.9 Å². The van der Waals surface area contributed by atoms with Crippen LogP contribution in [0.15, 0.2) is 6.07 Å². The SMILES string of the molecule is CNC1CCN(c2nc(OC)cc(OC)n2)CC1. The molecule has 6 nitrogen and oxygen atoms in total. The minimum atomic E-state index is 0.535. The van der Waals surface area contributed by atoms with Gasteiger partial charge >= 0.3 is 0 Å². The molecule has 18 heavy (non-hydrogen) atoms. The molecule has 100 valence electrons. The third-order valence-corrected chi connectivity index (χ3v) is 3.27. The summed E-state index contributed by atoms with van der Waals surface area (Å²) in [6.07, 6.45) is 2.19. The van der Waals surface area contributed by atoms with E-state index in [2.05, 4.69) is 20.2 Å². The van der Waals surface area contributed by atoms with Gasteiger partial charge in [-0.25, -0.2) is 0 Å². The molecule has 0 spiro atoms. The van der Waals surface area contributed by atoms with Crippen molar-refractivity contribution in [2.24, 2.45) is 0 Å². The smallest absolute Gasteiger partial charge is 0.231 e. The van der Waals surface area contributed by atoms with Crippen LogP contribution in [0.2, 0.25) is 0 Å². The lowest BCUT2D eigenvalue weighted by atomic mass is 10.1. The van der Waals surface area contributed by atoms with Crippen LogP contribution in [0, 0.1) is 0 Å². The number of nitrogens with one attached hydrogen (secondary N) is 1. The Bertz CT molecular complexity index is 369. The van der Waals surface area contributed by atoms with Crippen LogP contribution >= 0.6 is 0 Å². The third-order valence-electron chi connectivity index (χ3n) is 3.27. The zero-order valence-electron chi connectivity index (χ0n) is 11.1. The number of rotatable bonds is 4. The fourth-order valence-electron chi connectivity index (χ4n) is 2.11. The van der Waals surface area contributed by atoms with E-state index in [1.165, 1.54) is 0 Å². The van der Waals surface area contributed by atoms with E-state index in [0.29, 0.717) is 23.8 Å². The maximum absolute atomic E-state index is 5.16. The molecule has 0 aromatic carbocycles. The van der Waals surface area contributed by atoms with Crippen LogP contribution < -0.4 is 19.7 Å². The first-order valence-corrected chi connectivity index (χ1v) is 6.16. The number of anilines is 1. The van der Waals surface area contributed by atoms with Gasteiger partial charge in [0.05, 0.1) is 20.3 Å². The van der Waals surface area contributed by atoms with Gasteiger partial charge < -0.3 is 19.7 Å². The topological polar surface area (TPSA) is 59.5 Å². The van der Waals surface area contributed by atoms with Crippen molar-refractivity contribution < 1.29 is 9.47 Å². The minimum Gasteiger partial charge on any atom is -0.481 e. The van der Waals surface area contributed by atoms with Crippen molar-refractivity contribution in [3.8, 4) is 11.8 Å². The zero-order chi connectivity index (χ0) is 13.0. The minimum absolute atomic E-state index is 0.535. The van der Waals surface area contributed by atoms with Gasteiger partial charge in [-0.2, -0.15) is 9.97 Å². The van der Waals surface area contributed by atoms with Gasteiger partial charge in [0, 0.05) is 19.1 Å².